The molecule has 5 atom stereocenters. The van der Waals surface area contributed by atoms with Gasteiger partial charge in [0, 0.05) is 30.9 Å². The number of carbonyl (C=O) groups excluding carboxylic acids is 1. The number of phenolic OH excluding ortho intramolecular Hbond substituents is 1. The van der Waals surface area contributed by atoms with E-state index in [1.54, 1.807) is 6.07 Å². The zero-order valence-corrected chi connectivity index (χ0v) is 20.8. The van der Waals surface area contributed by atoms with Crippen molar-refractivity contribution >= 4 is 11.6 Å². The normalized spacial score (nSPS) is 34.1. The Kier molecular flexibility index (Phi) is 4.75. The van der Waals surface area contributed by atoms with Gasteiger partial charge in [0.25, 0.3) is 0 Å². The lowest BCUT2D eigenvalue weighted by molar-refractivity contribution is -0.200. The number of ether oxygens (including phenoxy) is 1. The molecule has 3 fully saturated rings. The highest BCUT2D eigenvalue weighted by atomic mass is 16.5. The van der Waals surface area contributed by atoms with Crippen molar-refractivity contribution in [2.75, 3.05) is 25.9 Å². The van der Waals surface area contributed by atoms with Crippen LogP contribution in [0.15, 0.2) is 36.4 Å². The molecular weight excluding hydrogens is 454 g/mol. The molecule has 7 rings (SSSR count). The molecule has 7 nitrogen and oxygen atoms in total. The maximum atomic E-state index is 13.4. The van der Waals surface area contributed by atoms with Crippen LogP contribution in [0.3, 0.4) is 0 Å². The van der Waals surface area contributed by atoms with E-state index < -0.39 is 11.0 Å². The summed E-state index contributed by atoms with van der Waals surface area (Å²) in [6.45, 7) is 1.96. The van der Waals surface area contributed by atoms with Gasteiger partial charge in [-0.15, -0.1) is 0 Å². The maximum Gasteiger partial charge on any atom is 0.227 e. The number of nitrogens with zero attached hydrogens (tertiary/aromatic N) is 2. The Hall–Kier alpha value is -2.77. The van der Waals surface area contributed by atoms with Crippen LogP contribution in [0.2, 0.25) is 0 Å². The average Bonchev–Trinajstić information content (AvgIpc) is 3.60. The van der Waals surface area contributed by atoms with Gasteiger partial charge in [-0.25, -0.2) is 0 Å². The summed E-state index contributed by atoms with van der Waals surface area (Å²) in [6, 6.07) is 11.0. The van der Waals surface area contributed by atoms with E-state index in [4.69, 9.17) is 10.5 Å². The number of likely N-dealkylation sites (tertiary alicyclic amines) is 1. The first kappa shape index (κ1) is 22.4. The van der Waals surface area contributed by atoms with E-state index >= 15 is 0 Å². The third-order valence-corrected chi connectivity index (χ3v) is 9.96. The lowest BCUT2D eigenvalue weighted by atomic mass is 9.48. The Balaban J connectivity index is 1.26. The number of nitrogens with two attached hydrogens (primary N) is 1. The minimum Gasteiger partial charge on any atom is -0.504 e. The second kappa shape index (κ2) is 7.62. The molecule has 2 heterocycles. The largest absolute Gasteiger partial charge is 0.504 e. The molecule has 1 saturated heterocycles. The van der Waals surface area contributed by atoms with Crippen LogP contribution in [-0.4, -0.2) is 69.8 Å². The average molecular weight is 490 g/mol. The molecule has 1 amide bonds. The van der Waals surface area contributed by atoms with Gasteiger partial charge in [0.05, 0.1) is 23.5 Å². The monoisotopic (exact) mass is 489 g/mol. The van der Waals surface area contributed by atoms with Crippen molar-refractivity contribution in [2.45, 2.75) is 74.1 Å². The number of nitrogen functional groups attached to an aromatic ring is 1. The summed E-state index contributed by atoms with van der Waals surface area (Å²) in [4.78, 5) is 17.8. The smallest absolute Gasteiger partial charge is 0.227 e. The van der Waals surface area contributed by atoms with E-state index in [1.165, 1.54) is 18.4 Å². The first-order valence-electron chi connectivity index (χ1n) is 13.4. The third kappa shape index (κ3) is 2.96. The van der Waals surface area contributed by atoms with Crippen LogP contribution in [0.4, 0.5) is 5.69 Å². The maximum absolute atomic E-state index is 13.4. The molecule has 190 valence electrons. The van der Waals surface area contributed by atoms with Gasteiger partial charge in [0.2, 0.25) is 5.91 Å². The molecule has 4 N–H and O–H groups in total. The van der Waals surface area contributed by atoms with Crippen molar-refractivity contribution in [1.82, 2.24) is 9.80 Å². The molecule has 2 aromatic carbocycles. The van der Waals surface area contributed by atoms with Crippen molar-refractivity contribution in [3.8, 4) is 11.5 Å². The quantitative estimate of drug-likeness (QED) is 0.559. The Morgan fingerprint density at radius 1 is 1.17 bits per heavy atom. The van der Waals surface area contributed by atoms with Crippen molar-refractivity contribution in [3.63, 3.8) is 0 Å². The highest BCUT2D eigenvalue weighted by Gasteiger charge is 2.73. The number of aliphatic hydroxyl groups is 1. The lowest BCUT2D eigenvalue weighted by Crippen LogP contribution is -2.78. The van der Waals surface area contributed by atoms with Crippen LogP contribution >= 0.6 is 0 Å². The molecule has 2 saturated carbocycles. The molecule has 1 spiro atoms. The number of anilines is 1. The fourth-order valence-corrected chi connectivity index (χ4v) is 7.97. The molecule has 2 aliphatic heterocycles. The molecule has 2 bridgehead atoms. The number of hydrogen-bond acceptors (Lipinski definition) is 6. The molecule has 7 heteroatoms. The summed E-state index contributed by atoms with van der Waals surface area (Å²) in [5.41, 5.74) is 8.05. The number of likely N-dealkylation sites (N-methyl/N-ethyl adjacent to an activating group) is 1. The van der Waals surface area contributed by atoms with Gasteiger partial charge in [-0.1, -0.05) is 18.2 Å². The highest BCUT2D eigenvalue weighted by Crippen LogP contribution is 2.66. The number of rotatable bonds is 5. The molecule has 2 unspecified atom stereocenters. The molecule has 0 aromatic heterocycles. The molecule has 3 aliphatic carbocycles. The van der Waals surface area contributed by atoms with Gasteiger partial charge in [-0.2, -0.15) is 0 Å². The van der Waals surface area contributed by atoms with E-state index in [-0.39, 0.29) is 29.8 Å². The van der Waals surface area contributed by atoms with E-state index in [2.05, 4.69) is 4.90 Å². The van der Waals surface area contributed by atoms with Crippen molar-refractivity contribution < 1.29 is 19.7 Å². The Bertz CT molecular complexity index is 1230. The van der Waals surface area contributed by atoms with Gasteiger partial charge < -0.3 is 25.6 Å². The minimum atomic E-state index is -0.936. The van der Waals surface area contributed by atoms with E-state index in [0.29, 0.717) is 30.7 Å². The van der Waals surface area contributed by atoms with Gasteiger partial charge in [-0.3, -0.25) is 9.69 Å². The fourth-order valence-electron chi connectivity index (χ4n) is 7.97. The zero-order valence-electron chi connectivity index (χ0n) is 20.8. The fraction of sp³-hybridized carbons (Fsp3) is 0.552. The van der Waals surface area contributed by atoms with Gasteiger partial charge in [0.1, 0.15) is 6.10 Å². The summed E-state index contributed by atoms with van der Waals surface area (Å²) < 4.78 is 6.61. The molecule has 0 radical (unpaired) electrons. The zero-order chi connectivity index (χ0) is 24.8. The summed E-state index contributed by atoms with van der Waals surface area (Å²) in [5, 5.41) is 23.4. The number of carbonyl (C=O) groups is 1. The van der Waals surface area contributed by atoms with Crippen molar-refractivity contribution in [3.05, 3.63) is 53.1 Å². The highest BCUT2D eigenvalue weighted by molar-refractivity contribution is 5.79. The SMILES string of the molecule is CN(C(=O)Cc1ccc(N)cc1)C1CC[C@@]2(O)[C@H]3Cc4ccc(O)c5c4[C@@]2(CCN3CC2CC2)C1O5. The van der Waals surface area contributed by atoms with E-state index in [9.17, 15) is 15.0 Å². The number of phenols is 1. The lowest BCUT2D eigenvalue weighted by Gasteiger charge is -2.64. The minimum absolute atomic E-state index is 0.0224. The van der Waals surface area contributed by atoms with Gasteiger partial charge >= 0.3 is 0 Å². The van der Waals surface area contributed by atoms with Crippen molar-refractivity contribution in [2.24, 2.45) is 5.92 Å². The van der Waals surface area contributed by atoms with Crippen LogP contribution in [0.25, 0.3) is 0 Å². The van der Waals surface area contributed by atoms with Crippen LogP contribution in [-0.2, 0) is 23.1 Å². The topological polar surface area (TPSA) is 99.3 Å². The van der Waals surface area contributed by atoms with Crippen LogP contribution in [0.5, 0.6) is 11.5 Å². The third-order valence-electron chi connectivity index (χ3n) is 9.96. The van der Waals surface area contributed by atoms with Crippen LogP contribution in [0.1, 0.15) is 48.8 Å². The van der Waals surface area contributed by atoms with Gasteiger partial charge in [-0.05, 0) is 80.3 Å². The van der Waals surface area contributed by atoms with E-state index in [0.717, 1.165) is 43.0 Å². The second-order valence-electron chi connectivity index (χ2n) is 11.8. The Labute approximate surface area is 211 Å². The Morgan fingerprint density at radius 3 is 2.69 bits per heavy atom. The molecule has 36 heavy (non-hydrogen) atoms. The number of amides is 1. The first-order chi connectivity index (χ1) is 17.3. The Morgan fingerprint density at radius 2 is 1.94 bits per heavy atom. The predicted molar refractivity (Wildman–Crippen MR) is 136 cm³/mol. The van der Waals surface area contributed by atoms with Gasteiger partial charge in [0.15, 0.2) is 11.5 Å². The molecule has 2 aromatic rings. The van der Waals surface area contributed by atoms with E-state index in [1.807, 2.05) is 42.3 Å². The predicted octanol–water partition coefficient (Wildman–Crippen LogP) is 2.61. The summed E-state index contributed by atoms with van der Waals surface area (Å²) in [5.74, 6) is 1.43. The molecular formula is C29H35N3O4. The summed E-state index contributed by atoms with van der Waals surface area (Å²) in [7, 11) is 1.86. The van der Waals surface area contributed by atoms with Crippen LogP contribution in [0, 0.1) is 5.92 Å². The standard InChI is InChI=1S/C29H35N3O4/c1-31(24(34)14-17-4-7-20(30)8-5-17)21-10-11-29(35)23-15-19-6-9-22(33)26-25(19)28(29,27(21)36-26)12-13-32(23)16-18-2-3-18/h4-9,18,21,23,27,33,35H,2-3,10-16,30H2,1H3/t21?,23-,27?,28+,29-/m1/s1. The first-order valence-corrected chi connectivity index (χ1v) is 13.4. The number of piperidine rings is 1. The molecule has 5 aliphatic rings. The summed E-state index contributed by atoms with van der Waals surface area (Å²) >= 11 is 0. The number of aromatic hydroxyl groups is 1. The number of benzene rings is 2. The van der Waals surface area contributed by atoms with Crippen molar-refractivity contribution in [1.29, 1.82) is 0 Å². The number of hydrogen-bond donors (Lipinski definition) is 3. The second-order valence-corrected chi connectivity index (χ2v) is 11.8. The summed E-state index contributed by atoms with van der Waals surface area (Å²) in [6.07, 6.45) is 5.33. The van der Waals surface area contributed by atoms with Crippen LogP contribution < -0.4 is 10.5 Å².